The van der Waals surface area contributed by atoms with E-state index in [0.29, 0.717) is 57.6 Å². The van der Waals surface area contributed by atoms with Crippen molar-refractivity contribution in [3.8, 4) is 23.0 Å². The number of hydrogen-bond acceptors (Lipinski definition) is 9. The molecular weight excluding hydrogens is 540 g/mol. The van der Waals surface area contributed by atoms with Gasteiger partial charge in [-0.05, 0) is 57.0 Å². The third-order valence-electron chi connectivity index (χ3n) is 6.61. The third kappa shape index (κ3) is 6.87. The first-order valence-electron chi connectivity index (χ1n) is 13.8. The van der Waals surface area contributed by atoms with Gasteiger partial charge in [0.15, 0.2) is 11.5 Å². The van der Waals surface area contributed by atoms with Crippen molar-refractivity contribution in [2.45, 2.75) is 59.0 Å². The molecule has 1 aliphatic heterocycles. The van der Waals surface area contributed by atoms with Gasteiger partial charge < -0.3 is 28.4 Å². The molecule has 42 heavy (non-hydrogen) atoms. The Hall–Kier alpha value is -4.47. The summed E-state index contributed by atoms with van der Waals surface area (Å²) in [6, 6.07) is 10.8. The number of benzene rings is 2. The SMILES string of the molecule is CCCCc1nc(/C(=C(\Cc2ccc3c(c2)OCO3)C(=O)OC)c2ccc(OC)cc2OC)cn1C(=O)OC(C)(C)C. The fraction of sp³-hybridized carbons (Fsp3) is 0.406. The average molecular weight is 579 g/mol. The van der Waals surface area contributed by atoms with Crippen LogP contribution in [0.3, 0.4) is 0 Å². The molecule has 2 heterocycles. The molecule has 3 aromatic rings. The quantitative estimate of drug-likeness (QED) is 0.212. The Bertz CT molecular complexity index is 1480. The largest absolute Gasteiger partial charge is 0.497 e. The van der Waals surface area contributed by atoms with Crippen LogP contribution in [0.15, 0.2) is 48.2 Å². The fourth-order valence-electron chi connectivity index (χ4n) is 4.62. The Morgan fingerprint density at radius 1 is 1.00 bits per heavy atom. The first-order valence-corrected chi connectivity index (χ1v) is 13.8. The van der Waals surface area contributed by atoms with Gasteiger partial charge in [0.1, 0.15) is 22.9 Å². The number of aromatic nitrogens is 2. The van der Waals surface area contributed by atoms with Crippen molar-refractivity contribution in [1.29, 1.82) is 0 Å². The van der Waals surface area contributed by atoms with Gasteiger partial charge in [0.05, 0.1) is 32.6 Å². The minimum absolute atomic E-state index is 0.134. The molecule has 2 aromatic carbocycles. The smallest absolute Gasteiger partial charge is 0.420 e. The number of ether oxygens (including phenoxy) is 6. The number of rotatable bonds is 10. The maximum Gasteiger partial charge on any atom is 0.420 e. The van der Waals surface area contributed by atoms with Crippen LogP contribution in [0.5, 0.6) is 23.0 Å². The zero-order valence-corrected chi connectivity index (χ0v) is 25.2. The van der Waals surface area contributed by atoms with Crippen LogP contribution in [-0.2, 0) is 27.1 Å². The van der Waals surface area contributed by atoms with Gasteiger partial charge in [-0.3, -0.25) is 0 Å². The highest BCUT2D eigenvalue weighted by Crippen LogP contribution is 2.39. The number of imidazole rings is 1. The van der Waals surface area contributed by atoms with E-state index >= 15 is 0 Å². The highest BCUT2D eigenvalue weighted by Gasteiger charge is 2.28. The number of fused-ring (bicyclic) bond motifs is 1. The van der Waals surface area contributed by atoms with E-state index in [1.807, 2.05) is 32.9 Å². The molecule has 0 N–H and O–H groups in total. The second-order valence-corrected chi connectivity index (χ2v) is 10.8. The average Bonchev–Trinajstić information content (AvgIpc) is 3.61. The van der Waals surface area contributed by atoms with E-state index in [-0.39, 0.29) is 13.2 Å². The van der Waals surface area contributed by atoms with Crippen molar-refractivity contribution < 1.29 is 38.0 Å². The molecule has 0 saturated carbocycles. The second kappa shape index (κ2) is 13.0. The highest BCUT2D eigenvalue weighted by atomic mass is 16.7. The molecule has 0 fully saturated rings. The number of nitrogens with zero attached hydrogens (tertiary/aromatic N) is 2. The van der Waals surface area contributed by atoms with E-state index in [9.17, 15) is 9.59 Å². The van der Waals surface area contributed by atoms with Crippen molar-refractivity contribution >= 4 is 17.6 Å². The van der Waals surface area contributed by atoms with Crippen LogP contribution in [0, 0.1) is 0 Å². The first-order chi connectivity index (χ1) is 20.1. The Labute approximate surface area is 246 Å². The number of esters is 1. The summed E-state index contributed by atoms with van der Waals surface area (Å²) in [5.74, 6) is 2.24. The lowest BCUT2D eigenvalue weighted by Gasteiger charge is -2.20. The summed E-state index contributed by atoms with van der Waals surface area (Å²) < 4.78 is 34.6. The molecular formula is C32H38N2O8. The molecule has 0 amide bonds. The lowest BCUT2D eigenvalue weighted by molar-refractivity contribution is -0.136. The molecule has 0 atom stereocenters. The molecule has 1 aliphatic rings. The molecule has 0 spiro atoms. The summed E-state index contributed by atoms with van der Waals surface area (Å²) >= 11 is 0. The van der Waals surface area contributed by atoms with Gasteiger partial charge in [0, 0.05) is 36.2 Å². The third-order valence-corrected chi connectivity index (χ3v) is 6.61. The van der Waals surface area contributed by atoms with Gasteiger partial charge in [-0.2, -0.15) is 0 Å². The monoisotopic (exact) mass is 578 g/mol. The van der Waals surface area contributed by atoms with E-state index in [1.165, 1.54) is 18.8 Å². The van der Waals surface area contributed by atoms with Crippen molar-refractivity contribution in [3.63, 3.8) is 0 Å². The van der Waals surface area contributed by atoms with E-state index in [0.717, 1.165) is 18.4 Å². The van der Waals surface area contributed by atoms with E-state index in [1.54, 1.807) is 37.6 Å². The standard InChI is InChI=1S/C32H38N2O8/c1-8-9-10-28-33-24(18-34(28)31(36)42-32(2,3)4)29(22-13-12-21(37-5)17-26(22)38-6)23(30(35)39-7)15-20-11-14-25-27(16-20)41-19-40-25/h11-14,16-18H,8-10,15,19H2,1-7H3/b29-23+. The van der Waals surface area contributed by atoms with Gasteiger partial charge in [-0.25, -0.2) is 19.1 Å². The van der Waals surface area contributed by atoms with Crippen LogP contribution >= 0.6 is 0 Å². The summed E-state index contributed by atoms with van der Waals surface area (Å²) in [6.45, 7) is 7.62. The molecule has 0 saturated heterocycles. The Kier molecular flexibility index (Phi) is 9.45. The van der Waals surface area contributed by atoms with Crippen LogP contribution in [-0.4, -0.2) is 55.3 Å². The van der Waals surface area contributed by atoms with Crippen molar-refractivity contribution in [3.05, 3.63) is 70.8 Å². The lowest BCUT2D eigenvalue weighted by atomic mass is 9.92. The molecule has 0 aliphatic carbocycles. The van der Waals surface area contributed by atoms with Gasteiger partial charge in [-0.15, -0.1) is 0 Å². The summed E-state index contributed by atoms with van der Waals surface area (Å²) in [6.07, 6.45) is 3.49. The van der Waals surface area contributed by atoms with Gasteiger partial charge in [0.25, 0.3) is 0 Å². The van der Waals surface area contributed by atoms with Crippen LogP contribution in [0.4, 0.5) is 4.79 Å². The van der Waals surface area contributed by atoms with E-state index in [2.05, 4.69) is 6.92 Å². The van der Waals surface area contributed by atoms with Crippen molar-refractivity contribution in [1.82, 2.24) is 9.55 Å². The normalized spacial score (nSPS) is 12.9. The van der Waals surface area contributed by atoms with Gasteiger partial charge in [-0.1, -0.05) is 19.4 Å². The number of methoxy groups -OCH3 is 3. The Morgan fingerprint density at radius 3 is 2.43 bits per heavy atom. The van der Waals surface area contributed by atoms with Crippen LogP contribution < -0.4 is 18.9 Å². The van der Waals surface area contributed by atoms with E-state index < -0.39 is 17.7 Å². The zero-order valence-electron chi connectivity index (χ0n) is 25.2. The topological polar surface area (TPSA) is 107 Å². The summed E-state index contributed by atoms with van der Waals surface area (Å²) in [7, 11) is 4.43. The number of carbonyl (C=O) groups is 2. The van der Waals surface area contributed by atoms with E-state index in [4.69, 9.17) is 33.4 Å². The molecule has 224 valence electrons. The molecule has 0 radical (unpaired) electrons. The van der Waals surface area contributed by atoms with Crippen LogP contribution in [0.25, 0.3) is 5.57 Å². The molecule has 10 heteroatoms. The van der Waals surface area contributed by atoms with Crippen LogP contribution in [0.1, 0.15) is 63.2 Å². The van der Waals surface area contributed by atoms with Gasteiger partial charge in [0.2, 0.25) is 6.79 Å². The number of aryl methyl sites for hydroxylation is 1. The molecule has 0 unspecified atom stereocenters. The first kappa shape index (κ1) is 30.5. The lowest BCUT2D eigenvalue weighted by Crippen LogP contribution is -2.27. The summed E-state index contributed by atoms with van der Waals surface area (Å²) in [5.41, 5.74) is 1.84. The molecule has 10 nitrogen and oxygen atoms in total. The fourth-order valence-corrected chi connectivity index (χ4v) is 4.62. The summed E-state index contributed by atoms with van der Waals surface area (Å²) in [5, 5.41) is 0. The number of carbonyl (C=O) groups excluding carboxylic acids is 2. The zero-order chi connectivity index (χ0) is 30.4. The summed E-state index contributed by atoms with van der Waals surface area (Å²) in [4.78, 5) is 31.7. The predicted molar refractivity (Wildman–Crippen MR) is 156 cm³/mol. The molecule has 1 aromatic heterocycles. The minimum atomic E-state index is -0.710. The van der Waals surface area contributed by atoms with Crippen LogP contribution in [0.2, 0.25) is 0 Å². The highest BCUT2D eigenvalue weighted by molar-refractivity contribution is 6.02. The maximum atomic E-state index is 13.5. The minimum Gasteiger partial charge on any atom is -0.497 e. The molecule has 4 rings (SSSR count). The number of unbranched alkanes of at least 4 members (excludes halogenated alkanes) is 1. The Morgan fingerprint density at radius 2 is 1.76 bits per heavy atom. The maximum absolute atomic E-state index is 13.5. The van der Waals surface area contributed by atoms with Crippen molar-refractivity contribution in [2.75, 3.05) is 28.1 Å². The number of hydrogen-bond donors (Lipinski definition) is 0. The Balaban J connectivity index is 1.97. The van der Waals surface area contributed by atoms with Gasteiger partial charge >= 0.3 is 12.1 Å². The molecule has 0 bridgehead atoms. The predicted octanol–water partition coefficient (Wildman–Crippen LogP) is 5.97. The van der Waals surface area contributed by atoms with Crippen molar-refractivity contribution in [2.24, 2.45) is 0 Å². The second-order valence-electron chi connectivity index (χ2n) is 10.8.